The number of hydrogen-bond donors (Lipinski definition) is 2. The molecule has 1 aliphatic heterocycles. The van der Waals surface area contributed by atoms with Crippen LogP contribution in [0.5, 0.6) is 5.75 Å². The third-order valence-corrected chi connectivity index (χ3v) is 4.93. The van der Waals surface area contributed by atoms with Crippen LogP contribution in [-0.4, -0.2) is 59.4 Å². The van der Waals surface area contributed by atoms with Crippen LogP contribution in [0.1, 0.15) is 10.4 Å². The Balaban J connectivity index is 1.53. The van der Waals surface area contributed by atoms with Crippen molar-refractivity contribution in [2.75, 3.05) is 38.0 Å². The molecule has 1 aliphatic rings. The first-order valence-corrected chi connectivity index (χ1v) is 9.24. The van der Waals surface area contributed by atoms with Crippen molar-refractivity contribution in [1.82, 2.24) is 9.80 Å². The van der Waals surface area contributed by atoms with Gasteiger partial charge in [-0.2, -0.15) is 0 Å². The van der Waals surface area contributed by atoms with Crippen molar-refractivity contribution in [3.8, 4) is 5.75 Å². The number of amides is 2. The van der Waals surface area contributed by atoms with Gasteiger partial charge in [0, 0.05) is 31.2 Å². The number of phenols is 1. The summed E-state index contributed by atoms with van der Waals surface area (Å²) in [5.74, 6) is -0.517. The number of halogens is 2. The summed E-state index contributed by atoms with van der Waals surface area (Å²) in [7, 11) is 0. The van der Waals surface area contributed by atoms with Crippen molar-refractivity contribution in [2.24, 2.45) is 0 Å². The molecule has 1 heterocycles. The molecule has 8 heteroatoms. The van der Waals surface area contributed by atoms with Crippen molar-refractivity contribution in [3.05, 3.63) is 58.1 Å². The summed E-state index contributed by atoms with van der Waals surface area (Å²) in [5.41, 5.74) is 0.766. The lowest BCUT2D eigenvalue weighted by molar-refractivity contribution is -0.117. The average Bonchev–Trinajstić information content (AvgIpc) is 2.65. The van der Waals surface area contributed by atoms with Gasteiger partial charge in [0.15, 0.2) is 0 Å². The molecule has 0 aliphatic carbocycles. The van der Waals surface area contributed by atoms with Gasteiger partial charge in [-0.05, 0) is 30.3 Å². The Labute approximate surface area is 167 Å². The van der Waals surface area contributed by atoms with Crippen LogP contribution in [0, 0.1) is 0 Å². The van der Waals surface area contributed by atoms with Crippen LogP contribution in [-0.2, 0) is 4.79 Å². The summed E-state index contributed by atoms with van der Waals surface area (Å²) in [6, 6.07) is 11.5. The van der Waals surface area contributed by atoms with Gasteiger partial charge >= 0.3 is 0 Å². The molecular weight excluding hydrogens is 389 g/mol. The molecule has 27 heavy (non-hydrogen) atoms. The minimum Gasteiger partial charge on any atom is -0.507 e. The quantitative estimate of drug-likeness (QED) is 0.816. The van der Waals surface area contributed by atoms with Gasteiger partial charge in [-0.1, -0.05) is 35.3 Å². The first-order valence-electron chi connectivity index (χ1n) is 8.48. The van der Waals surface area contributed by atoms with Crippen molar-refractivity contribution in [3.63, 3.8) is 0 Å². The Kier molecular flexibility index (Phi) is 6.21. The predicted octanol–water partition coefficient (Wildman–Crippen LogP) is 3.10. The first-order chi connectivity index (χ1) is 12.9. The highest BCUT2D eigenvalue weighted by molar-refractivity contribution is 6.33. The fourth-order valence-electron chi connectivity index (χ4n) is 2.91. The summed E-state index contributed by atoms with van der Waals surface area (Å²) in [4.78, 5) is 28.4. The van der Waals surface area contributed by atoms with Crippen LogP contribution in [0.2, 0.25) is 10.0 Å². The minimum absolute atomic E-state index is 0.0917. The van der Waals surface area contributed by atoms with Crippen LogP contribution in [0.3, 0.4) is 0 Å². The fourth-order valence-corrected chi connectivity index (χ4v) is 3.27. The molecule has 0 saturated carbocycles. The number of nitrogens with one attached hydrogen (secondary N) is 1. The van der Waals surface area contributed by atoms with E-state index in [0.717, 1.165) is 0 Å². The van der Waals surface area contributed by atoms with Crippen LogP contribution >= 0.6 is 23.2 Å². The summed E-state index contributed by atoms with van der Waals surface area (Å²) in [5, 5.41) is 13.6. The standard InChI is InChI=1S/C19H19Cl2N3O3/c20-13-5-6-17(25)14(11-13)19(27)24-9-7-23(8-10-24)12-18(26)22-16-4-2-1-3-15(16)21/h1-6,11,25H,7-10,12H2,(H,22,26). The summed E-state index contributed by atoms with van der Waals surface area (Å²) in [6.07, 6.45) is 0. The maximum atomic E-state index is 12.6. The number of aromatic hydroxyl groups is 1. The molecule has 0 spiro atoms. The third kappa shape index (κ3) is 4.91. The highest BCUT2D eigenvalue weighted by Crippen LogP contribution is 2.24. The van der Waals surface area contributed by atoms with E-state index in [2.05, 4.69) is 5.32 Å². The van der Waals surface area contributed by atoms with Crippen LogP contribution in [0.4, 0.5) is 5.69 Å². The van der Waals surface area contributed by atoms with Gasteiger partial charge in [0.2, 0.25) is 5.91 Å². The lowest BCUT2D eigenvalue weighted by Crippen LogP contribution is -2.50. The highest BCUT2D eigenvalue weighted by Gasteiger charge is 2.25. The molecule has 6 nitrogen and oxygen atoms in total. The zero-order valence-corrected chi connectivity index (χ0v) is 16.0. The molecule has 2 N–H and O–H groups in total. The van der Waals surface area contributed by atoms with Gasteiger partial charge in [-0.25, -0.2) is 0 Å². The second kappa shape index (κ2) is 8.61. The van der Waals surface area contributed by atoms with Gasteiger partial charge in [0.25, 0.3) is 5.91 Å². The molecule has 3 rings (SSSR count). The summed E-state index contributed by atoms with van der Waals surface area (Å²) >= 11 is 12.0. The monoisotopic (exact) mass is 407 g/mol. The van der Waals surface area contributed by atoms with Crippen molar-refractivity contribution in [2.45, 2.75) is 0 Å². The maximum absolute atomic E-state index is 12.6. The zero-order valence-electron chi connectivity index (χ0n) is 14.5. The Morgan fingerprint density at radius 2 is 1.74 bits per heavy atom. The molecule has 0 radical (unpaired) electrons. The molecule has 0 unspecified atom stereocenters. The fraction of sp³-hybridized carbons (Fsp3) is 0.263. The lowest BCUT2D eigenvalue weighted by Gasteiger charge is -2.34. The Morgan fingerprint density at radius 1 is 1.04 bits per heavy atom. The number of para-hydroxylation sites is 1. The van der Waals surface area contributed by atoms with Gasteiger partial charge in [-0.3, -0.25) is 14.5 Å². The molecule has 142 valence electrons. The van der Waals surface area contributed by atoms with E-state index in [1.165, 1.54) is 18.2 Å². The van der Waals surface area contributed by atoms with Gasteiger partial charge < -0.3 is 15.3 Å². The number of carbonyl (C=O) groups is 2. The number of phenolic OH excluding ortho intramolecular Hbond substituents is 1. The van der Waals surface area contributed by atoms with Gasteiger partial charge in [-0.15, -0.1) is 0 Å². The molecule has 1 fully saturated rings. The van der Waals surface area contributed by atoms with E-state index in [1.54, 1.807) is 29.2 Å². The Morgan fingerprint density at radius 3 is 2.44 bits per heavy atom. The van der Waals surface area contributed by atoms with E-state index < -0.39 is 0 Å². The van der Waals surface area contributed by atoms with E-state index in [4.69, 9.17) is 23.2 Å². The number of benzene rings is 2. The van der Waals surface area contributed by atoms with E-state index in [1.807, 2.05) is 4.90 Å². The Bertz CT molecular complexity index is 852. The summed E-state index contributed by atoms with van der Waals surface area (Å²) in [6.45, 7) is 2.26. The van der Waals surface area contributed by atoms with Gasteiger partial charge in [0.1, 0.15) is 5.75 Å². The molecule has 0 atom stereocenters. The SMILES string of the molecule is O=C(CN1CCN(C(=O)c2cc(Cl)ccc2O)CC1)Nc1ccccc1Cl. The molecule has 0 aromatic heterocycles. The maximum Gasteiger partial charge on any atom is 0.257 e. The van der Waals surface area contributed by atoms with Crippen LogP contribution in [0.25, 0.3) is 0 Å². The highest BCUT2D eigenvalue weighted by atomic mass is 35.5. The van der Waals surface area contributed by atoms with E-state index in [9.17, 15) is 14.7 Å². The van der Waals surface area contributed by atoms with Crippen LogP contribution in [0.15, 0.2) is 42.5 Å². The molecular formula is C19H19Cl2N3O3. The third-order valence-electron chi connectivity index (χ3n) is 4.36. The second-order valence-electron chi connectivity index (χ2n) is 6.26. The largest absolute Gasteiger partial charge is 0.507 e. The molecule has 0 bridgehead atoms. The number of piperazine rings is 1. The molecule has 2 aromatic carbocycles. The number of hydrogen-bond acceptors (Lipinski definition) is 4. The smallest absolute Gasteiger partial charge is 0.257 e. The lowest BCUT2D eigenvalue weighted by atomic mass is 10.1. The number of nitrogens with zero attached hydrogens (tertiary/aromatic N) is 2. The van der Waals surface area contributed by atoms with E-state index >= 15 is 0 Å². The average molecular weight is 408 g/mol. The number of carbonyl (C=O) groups excluding carboxylic acids is 2. The number of anilines is 1. The van der Waals surface area contributed by atoms with E-state index in [-0.39, 0.29) is 29.7 Å². The van der Waals surface area contributed by atoms with Crippen molar-refractivity contribution < 1.29 is 14.7 Å². The molecule has 2 aromatic rings. The van der Waals surface area contributed by atoms with Crippen molar-refractivity contribution >= 4 is 40.7 Å². The molecule has 2 amide bonds. The van der Waals surface area contributed by atoms with Crippen LogP contribution < -0.4 is 5.32 Å². The van der Waals surface area contributed by atoms with E-state index in [0.29, 0.717) is 41.9 Å². The summed E-state index contributed by atoms with van der Waals surface area (Å²) < 4.78 is 0. The van der Waals surface area contributed by atoms with Crippen molar-refractivity contribution in [1.29, 1.82) is 0 Å². The predicted molar refractivity (Wildman–Crippen MR) is 106 cm³/mol. The Hall–Kier alpha value is -2.28. The molecule has 1 saturated heterocycles. The number of rotatable bonds is 4. The van der Waals surface area contributed by atoms with Gasteiger partial charge in [0.05, 0.1) is 22.8 Å². The normalized spacial score (nSPS) is 14.8. The zero-order chi connectivity index (χ0) is 19.4. The first kappa shape index (κ1) is 19.5. The topological polar surface area (TPSA) is 72.9 Å². The minimum atomic E-state index is -0.268. The second-order valence-corrected chi connectivity index (χ2v) is 7.10.